The Kier molecular flexibility index (Phi) is 6.06. The smallest absolute Gasteiger partial charge is 0.266 e. The standard InChI is InChI=1S/C23H20ClN3O2/c1-15-11-17(16(2)27(15)21-6-4-5-19(24)13-21)12-18(14-25)23(28)26-20-7-9-22(29-3)10-8-20/h4-13H,1-3H3,(H,26,28). The lowest BCUT2D eigenvalue weighted by Crippen LogP contribution is -2.13. The van der Waals surface area contributed by atoms with Crippen LogP contribution >= 0.6 is 11.6 Å². The summed E-state index contributed by atoms with van der Waals surface area (Å²) in [6.45, 7) is 3.91. The Bertz CT molecular complexity index is 1120. The lowest BCUT2D eigenvalue weighted by Gasteiger charge is -2.10. The second kappa shape index (κ2) is 8.68. The number of methoxy groups -OCH3 is 1. The summed E-state index contributed by atoms with van der Waals surface area (Å²) < 4.78 is 7.14. The molecule has 0 saturated carbocycles. The van der Waals surface area contributed by atoms with Crippen LogP contribution in [0.2, 0.25) is 5.02 Å². The van der Waals surface area contributed by atoms with Crippen LogP contribution < -0.4 is 10.1 Å². The van der Waals surface area contributed by atoms with Crippen molar-refractivity contribution in [3.8, 4) is 17.5 Å². The van der Waals surface area contributed by atoms with Gasteiger partial charge in [-0.05, 0) is 74.0 Å². The number of aryl methyl sites for hydroxylation is 1. The predicted molar refractivity (Wildman–Crippen MR) is 115 cm³/mol. The number of nitriles is 1. The Labute approximate surface area is 174 Å². The van der Waals surface area contributed by atoms with Crippen LogP contribution in [0.1, 0.15) is 17.0 Å². The van der Waals surface area contributed by atoms with Gasteiger partial charge in [0.05, 0.1) is 7.11 Å². The molecule has 0 bridgehead atoms. The van der Waals surface area contributed by atoms with Crippen molar-refractivity contribution < 1.29 is 9.53 Å². The van der Waals surface area contributed by atoms with E-state index in [1.807, 2.05) is 54.8 Å². The first-order valence-corrected chi connectivity index (χ1v) is 9.33. The van der Waals surface area contributed by atoms with Crippen LogP contribution in [0.5, 0.6) is 5.75 Å². The zero-order chi connectivity index (χ0) is 21.0. The van der Waals surface area contributed by atoms with Crippen molar-refractivity contribution >= 4 is 29.3 Å². The molecule has 3 aromatic rings. The van der Waals surface area contributed by atoms with Gasteiger partial charge in [0.25, 0.3) is 5.91 Å². The largest absolute Gasteiger partial charge is 0.497 e. The Morgan fingerprint density at radius 3 is 2.52 bits per heavy atom. The van der Waals surface area contributed by atoms with Crippen LogP contribution in [-0.2, 0) is 4.79 Å². The minimum atomic E-state index is -0.467. The maximum atomic E-state index is 12.6. The van der Waals surface area contributed by atoms with Gasteiger partial charge in [0, 0.05) is 27.8 Å². The van der Waals surface area contributed by atoms with Gasteiger partial charge in [-0.2, -0.15) is 5.26 Å². The van der Waals surface area contributed by atoms with Crippen molar-refractivity contribution in [1.82, 2.24) is 4.57 Å². The summed E-state index contributed by atoms with van der Waals surface area (Å²) in [5.74, 6) is 0.220. The monoisotopic (exact) mass is 405 g/mol. The first-order valence-electron chi connectivity index (χ1n) is 8.95. The number of anilines is 1. The fourth-order valence-corrected chi connectivity index (χ4v) is 3.31. The van der Waals surface area contributed by atoms with Gasteiger partial charge < -0.3 is 14.6 Å². The number of rotatable bonds is 5. The molecule has 146 valence electrons. The summed E-state index contributed by atoms with van der Waals surface area (Å²) in [4.78, 5) is 12.6. The number of benzene rings is 2. The lowest BCUT2D eigenvalue weighted by molar-refractivity contribution is -0.112. The van der Waals surface area contributed by atoms with Crippen LogP contribution in [0.25, 0.3) is 11.8 Å². The molecule has 0 aliphatic carbocycles. The van der Waals surface area contributed by atoms with Gasteiger partial charge >= 0.3 is 0 Å². The normalized spacial score (nSPS) is 11.1. The van der Waals surface area contributed by atoms with Crippen molar-refractivity contribution in [2.24, 2.45) is 0 Å². The molecule has 0 aliphatic heterocycles. The maximum Gasteiger partial charge on any atom is 0.266 e. The summed E-state index contributed by atoms with van der Waals surface area (Å²) in [6, 6.07) is 18.4. The number of nitrogens with zero attached hydrogens (tertiary/aromatic N) is 2. The molecule has 29 heavy (non-hydrogen) atoms. The second-order valence-electron chi connectivity index (χ2n) is 6.49. The van der Waals surface area contributed by atoms with Gasteiger partial charge in [-0.1, -0.05) is 17.7 Å². The van der Waals surface area contributed by atoms with E-state index in [0.717, 1.165) is 22.6 Å². The molecule has 0 unspecified atom stereocenters. The predicted octanol–water partition coefficient (Wildman–Crippen LogP) is 5.30. The zero-order valence-electron chi connectivity index (χ0n) is 16.4. The van der Waals surface area contributed by atoms with Crippen LogP contribution in [0, 0.1) is 25.2 Å². The van der Waals surface area contributed by atoms with E-state index in [4.69, 9.17) is 16.3 Å². The molecule has 1 aromatic heterocycles. The number of carbonyl (C=O) groups excluding carboxylic acids is 1. The van der Waals surface area contributed by atoms with Crippen LogP contribution in [0.3, 0.4) is 0 Å². The highest BCUT2D eigenvalue weighted by molar-refractivity contribution is 6.30. The molecule has 2 aromatic carbocycles. The lowest BCUT2D eigenvalue weighted by atomic mass is 10.1. The van der Waals surface area contributed by atoms with E-state index in [1.54, 1.807) is 37.5 Å². The van der Waals surface area contributed by atoms with Gasteiger partial charge in [0.2, 0.25) is 0 Å². The quantitative estimate of drug-likeness (QED) is 0.462. The molecular weight excluding hydrogens is 386 g/mol. The van der Waals surface area contributed by atoms with Gasteiger partial charge in [0.1, 0.15) is 17.4 Å². The summed E-state index contributed by atoms with van der Waals surface area (Å²) in [6.07, 6.45) is 1.60. The van der Waals surface area contributed by atoms with Crippen molar-refractivity contribution in [2.75, 3.05) is 12.4 Å². The fraction of sp³-hybridized carbons (Fsp3) is 0.130. The molecule has 0 radical (unpaired) electrons. The number of aromatic nitrogens is 1. The van der Waals surface area contributed by atoms with E-state index in [-0.39, 0.29) is 5.57 Å². The Morgan fingerprint density at radius 1 is 1.17 bits per heavy atom. The van der Waals surface area contributed by atoms with Crippen LogP contribution in [-0.4, -0.2) is 17.6 Å². The minimum absolute atomic E-state index is 0.0205. The van der Waals surface area contributed by atoms with Crippen molar-refractivity contribution in [1.29, 1.82) is 5.26 Å². The number of nitrogens with one attached hydrogen (secondary N) is 1. The van der Waals surface area contributed by atoms with E-state index in [1.165, 1.54) is 0 Å². The van der Waals surface area contributed by atoms with Crippen molar-refractivity contribution in [3.63, 3.8) is 0 Å². The first-order chi connectivity index (χ1) is 13.9. The van der Waals surface area contributed by atoms with Gasteiger partial charge in [-0.25, -0.2) is 0 Å². The Hall–Kier alpha value is -3.49. The molecular formula is C23H20ClN3O2. The highest BCUT2D eigenvalue weighted by Gasteiger charge is 2.14. The highest BCUT2D eigenvalue weighted by Crippen LogP contribution is 2.25. The summed E-state index contributed by atoms with van der Waals surface area (Å²) in [5.41, 5.74) is 4.21. The number of carbonyl (C=O) groups is 1. The topological polar surface area (TPSA) is 67.0 Å². The number of hydrogen-bond acceptors (Lipinski definition) is 3. The number of ether oxygens (including phenoxy) is 1. The number of hydrogen-bond donors (Lipinski definition) is 1. The van der Waals surface area contributed by atoms with E-state index in [2.05, 4.69) is 5.32 Å². The van der Waals surface area contributed by atoms with E-state index >= 15 is 0 Å². The van der Waals surface area contributed by atoms with Gasteiger partial charge in [-0.3, -0.25) is 4.79 Å². The zero-order valence-corrected chi connectivity index (χ0v) is 17.1. The fourth-order valence-electron chi connectivity index (χ4n) is 3.12. The third-order valence-electron chi connectivity index (χ3n) is 4.55. The molecule has 0 saturated heterocycles. The van der Waals surface area contributed by atoms with Crippen molar-refractivity contribution in [3.05, 3.63) is 82.1 Å². The maximum absolute atomic E-state index is 12.6. The Morgan fingerprint density at radius 2 is 1.90 bits per heavy atom. The van der Waals surface area contributed by atoms with Crippen molar-refractivity contribution in [2.45, 2.75) is 13.8 Å². The number of amides is 1. The summed E-state index contributed by atoms with van der Waals surface area (Å²) in [7, 11) is 1.57. The average molecular weight is 406 g/mol. The van der Waals surface area contributed by atoms with E-state index in [9.17, 15) is 10.1 Å². The molecule has 1 amide bonds. The van der Waals surface area contributed by atoms with Crippen LogP contribution in [0.15, 0.2) is 60.2 Å². The third kappa shape index (κ3) is 4.50. The SMILES string of the molecule is COc1ccc(NC(=O)C(C#N)=Cc2cc(C)n(-c3cccc(Cl)c3)c2C)cc1. The molecule has 0 atom stereocenters. The van der Waals surface area contributed by atoms with Gasteiger partial charge in [-0.15, -0.1) is 0 Å². The second-order valence-corrected chi connectivity index (χ2v) is 6.93. The molecule has 6 heteroatoms. The minimum Gasteiger partial charge on any atom is -0.497 e. The summed E-state index contributed by atoms with van der Waals surface area (Å²) in [5, 5.41) is 12.9. The summed E-state index contributed by atoms with van der Waals surface area (Å²) >= 11 is 6.12. The first kappa shape index (κ1) is 20.2. The molecule has 1 N–H and O–H groups in total. The van der Waals surface area contributed by atoms with E-state index in [0.29, 0.717) is 16.5 Å². The number of halogens is 1. The van der Waals surface area contributed by atoms with Gasteiger partial charge in [0.15, 0.2) is 0 Å². The average Bonchev–Trinajstić information content (AvgIpc) is 2.99. The highest BCUT2D eigenvalue weighted by atomic mass is 35.5. The Balaban J connectivity index is 1.90. The molecule has 5 nitrogen and oxygen atoms in total. The molecule has 0 spiro atoms. The third-order valence-corrected chi connectivity index (χ3v) is 4.78. The van der Waals surface area contributed by atoms with Crippen LogP contribution in [0.4, 0.5) is 5.69 Å². The molecule has 3 rings (SSSR count). The molecule has 0 aliphatic rings. The molecule has 0 fully saturated rings. The molecule has 1 heterocycles. The van der Waals surface area contributed by atoms with E-state index < -0.39 is 5.91 Å².